The molecule has 1 fully saturated rings. The highest BCUT2D eigenvalue weighted by atomic mass is 32.1. The SMILES string of the molecule is C.Cc1cnc2sc(C(=O)NC3CN(c4cccnc4)C3)cc2c1C. The fourth-order valence-electron chi connectivity index (χ4n) is 2.90. The fourth-order valence-corrected chi connectivity index (χ4v) is 3.86. The standard InChI is InChI=1S/C18H18N4OS.CH4/c1-11-7-20-18-15(12(11)2)6-16(24-18)17(23)21-13-9-22(10-13)14-4-3-5-19-8-14;/h3-8,13H,9-10H2,1-2H3,(H,21,23);1H4. The van der Waals surface area contributed by atoms with Crippen LogP contribution in [0, 0.1) is 13.8 Å². The van der Waals surface area contributed by atoms with Crippen molar-refractivity contribution in [2.45, 2.75) is 27.3 Å². The molecule has 3 aromatic rings. The van der Waals surface area contributed by atoms with Crippen molar-refractivity contribution in [1.82, 2.24) is 15.3 Å². The maximum atomic E-state index is 12.5. The van der Waals surface area contributed by atoms with Crippen LogP contribution in [0.1, 0.15) is 28.2 Å². The summed E-state index contributed by atoms with van der Waals surface area (Å²) in [6.07, 6.45) is 5.48. The molecule has 0 atom stereocenters. The van der Waals surface area contributed by atoms with Crippen molar-refractivity contribution in [3.8, 4) is 0 Å². The van der Waals surface area contributed by atoms with Crippen LogP contribution in [-0.2, 0) is 0 Å². The fraction of sp³-hybridized carbons (Fsp3) is 0.316. The van der Waals surface area contributed by atoms with E-state index in [1.54, 1.807) is 6.20 Å². The largest absolute Gasteiger partial charge is 0.366 e. The Hall–Kier alpha value is -2.47. The van der Waals surface area contributed by atoms with Gasteiger partial charge in [0.15, 0.2) is 0 Å². The van der Waals surface area contributed by atoms with E-state index in [2.05, 4.69) is 27.1 Å². The van der Waals surface area contributed by atoms with Gasteiger partial charge in [0.05, 0.1) is 22.8 Å². The van der Waals surface area contributed by atoms with Gasteiger partial charge in [-0.3, -0.25) is 9.78 Å². The van der Waals surface area contributed by atoms with Crippen molar-refractivity contribution in [2.24, 2.45) is 0 Å². The second kappa shape index (κ2) is 6.80. The van der Waals surface area contributed by atoms with Gasteiger partial charge >= 0.3 is 0 Å². The Labute approximate surface area is 151 Å². The first-order chi connectivity index (χ1) is 11.6. The molecule has 0 saturated carbocycles. The van der Waals surface area contributed by atoms with Crippen LogP contribution in [0.2, 0.25) is 0 Å². The Morgan fingerprint density at radius 3 is 2.84 bits per heavy atom. The highest BCUT2D eigenvalue weighted by molar-refractivity contribution is 7.20. The zero-order chi connectivity index (χ0) is 16.7. The number of aryl methyl sites for hydroxylation is 2. The molecule has 0 aromatic carbocycles. The van der Waals surface area contributed by atoms with Crippen molar-refractivity contribution in [1.29, 1.82) is 0 Å². The van der Waals surface area contributed by atoms with Crippen LogP contribution in [0.5, 0.6) is 0 Å². The monoisotopic (exact) mass is 354 g/mol. The number of thiophene rings is 1. The molecule has 1 N–H and O–H groups in total. The zero-order valence-corrected chi connectivity index (χ0v) is 14.4. The van der Waals surface area contributed by atoms with E-state index in [1.807, 2.05) is 37.5 Å². The van der Waals surface area contributed by atoms with E-state index in [1.165, 1.54) is 16.9 Å². The average molecular weight is 354 g/mol. The molecule has 0 bridgehead atoms. The summed E-state index contributed by atoms with van der Waals surface area (Å²) in [6.45, 7) is 5.75. The van der Waals surface area contributed by atoms with Crippen LogP contribution in [-0.4, -0.2) is 35.0 Å². The first kappa shape index (κ1) is 17.4. The molecule has 1 aliphatic rings. The van der Waals surface area contributed by atoms with Crippen molar-refractivity contribution < 1.29 is 4.79 Å². The van der Waals surface area contributed by atoms with Crippen LogP contribution in [0.15, 0.2) is 36.8 Å². The van der Waals surface area contributed by atoms with Gasteiger partial charge in [-0.15, -0.1) is 11.3 Å². The second-order valence-electron chi connectivity index (χ2n) is 6.18. The molecule has 3 aromatic heterocycles. The quantitative estimate of drug-likeness (QED) is 0.781. The number of hydrogen-bond donors (Lipinski definition) is 1. The number of anilines is 1. The molecule has 1 aliphatic heterocycles. The lowest BCUT2D eigenvalue weighted by Gasteiger charge is -2.40. The minimum atomic E-state index is -0.00844. The molecule has 4 rings (SSSR count). The number of aromatic nitrogens is 2. The maximum Gasteiger partial charge on any atom is 0.261 e. The number of rotatable bonds is 3. The summed E-state index contributed by atoms with van der Waals surface area (Å²) in [6, 6.07) is 6.10. The third-order valence-corrected chi connectivity index (χ3v) is 5.58. The molecule has 130 valence electrons. The molecular formula is C19H22N4OS. The number of carbonyl (C=O) groups is 1. The van der Waals surface area contributed by atoms with Gasteiger partial charge in [0.1, 0.15) is 4.83 Å². The second-order valence-corrected chi connectivity index (χ2v) is 7.21. The summed E-state index contributed by atoms with van der Waals surface area (Å²) in [5, 5.41) is 4.19. The van der Waals surface area contributed by atoms with Gasteiger partial charge in [-0.1, -0.05) is 7.43 Å². The molecule has 5 nitrogen and oxygen atoms in total. The van der Waals surface area contributed by atoms with Crippen molar-refractivity contribution >= 4 is 33.1 Å². The molecule has 6 heteroatoms. The lowest BCUT2D eigenvalue weighted by atomic mass is 10.1. The highest BCUT2D eigenvalue weighted by Gasteiger charge is 2.29. The van der Waals surface area contributed by atoms with E-state index in [0.717, 1.165) is 39.4 Å². The van der Waals surface area contributed by atoms with Crippen LogP contribution in [0.4, 0.5) is 5.69 Å². The van der Waals surface area contributed by atoms with Crippen molar-refractivity contribution in [3.05, 3.63) is 52.8 Å². The van der Waals surface area contributed by atoms with Gasteiger partial charge in [-0.2, -0.15) is 0 Å². The van der Waals surface area contributed by atoms with Crippen LogP contribution >= 0.6 is 11.3 Å². The molecule has 0 unspecified atom stereocenters. The predicted octanol–water partition coefficient (Wildman–Crippen LogP) is 3.56. The Morgan fingerprint density at radius 2 is 2.12 bits per heavy atom. The van der Waals surface area contributed by atoms with Crippen LogP contribution in [0.3, 0.4) is 0 Å². The minimum Gasteiger partial charge on any atom is -0.366 e. The van der Waals surface area contributed by atoms with Crippen LogP contribution < -0.4 is 10.2 Å². The maximum absolute atomic E-state index is 12.5. The van der Waals surface area contributed by atoms with E-state index in [0.29, 0.717) is 0 Å². The average Bonchev–Trinajstić information content (AvgIpc) is 3.00. The molecular weight excluding hydrogens is 332 g/mol. The summed E-state index contributed by atoms with van der Waals surface area (Å²) in [7, 11) is 0. The van der Waals surface area contributed by atoms with E-state index in [-0.39, 0.29) is 19.4 Å². The molecule has 1 amide bonds. The number of nitrogens with one attached hydrogen (secondary N) is 1. The Morgan fingerprint density at radius 1 is 1.32 bits per heavy atom. The molecule has 4 heterocycles. The Kier molecular flexibility index (Phi) is 4.72. The van der Waals surface area contributed by atoms with E-state index in [9.17, 15) is 4.79 Å². The molecule has 0 aliphatic carbocycles. The third kappa shape index (κ3) is 3.22. The first-order valence-corrected chi connectivity index (χ1v) is 8.75. The highest BCUT2D eigenvalue weighted by Crippen LogP contribution is 2.28. The van der Waals surface area contributed by atoms with Gasteiger partial charge in [-0.25, -0.2) is 4.98 Å². The van der Waals surface area contributed by atoms with Crippen molar-refractivity contribution in [3.63, 3.8) is 0 Å². The minimum absolute atomic E-state index is 0. The first-order valence-electron chi connectivity index (χ1n) is 7.93. The lowest BCUT2D eigenvalue weighted by molar-refractivity contribution is 0.0934. The predicted molar refractivity (Wildman–Crippen MR) is 104 cm³/mol. The van der Waals surface area contributed by atoms with Crippen molar-refractivity contribution in [2.75, 3.05) is 18.0 Å². The smallest absolute Gasteiger partial charge is 0.261 e. The van der Waals surface area contributed by atoms with E-state index in [4.69, 9.17) is 0 Å². The van der Waals surface area contributed by atoms with Gasteiger partial charge in [-0.05, 0) is 43.2 Å². The number of nitrogens with zero attached hydrogens (tertiary/aromatic N) is 3. The van der Waals surface area contributed by atoms with Gasteiger partial charge < -0.3 is 10.2 Å². The summed E-state index contributed by atoms with van der Waals surface area (Å²) < 4.78 is 0. The number of hydrogen-bond acceptors (Lipinski definition) is 5. The molecule has 0 radical (unpaired) electrons. The Bertz CT molecular complexity index is 900. The van der Waals surface area contributed by atoms with Gasteiger partial charge in [0.25, 0.3) is 5.91 Å². The van der Waals surface area contributed by atoms with E-state index < -0.39 is 0 Å². The topological polar surface area (TPSA) is 58.1 Å². The number of fused-ring (bicyclic) bond motifs is 1. The molecule has 1 saturated heterocycles. The lowest BCUT2D eigenvalue weighted by Crippen LogP contribution is -2.59. The zero-order valence-electron chi connectivity index (χ0n) is 13.6. The number of carbonyl (C=O) groups excluding carboxylic acids is 1. The summed E-state index contributed by atoms with van der Waals surface area (Å²) in [4.78, 5) is 24.9. The van der Waals surface area contributed by atoms with Gasteiger partial charge in [0, 0.05) is 30.9 Å². The summed E-state index contributed by atoms with van der Waals surface area (Å²) >= 11 is 1.46. The normalized spacial score (nSPS) is 14.1. The summed E-state index contributed by atoms with van der Waals surface area (Å²) in [5.74, 6) is -0.00844. The Balaban J connectivity index is 0.00000182. The summed E-state index contributed by atoms with van der Waals surface area (Å²) in [5.41, 5.74) is 3.44. The molecule has 0 spiro atoms. The third-order valence-electron chi connectivity index (χ3n) is 4.54. The number of pyridine rings is 2. The molecule has 25 heavy (non-hydrogen) atoms. The van der Waals surface area contributed by atoms with Crippen LogP contribution in [0.25, 0.3) is 10.2 Å². The van der Waals surface area contributed by atoms with Gasteiger partial charge in [0.2, 0.25) is 0 Å². The van der Waals surface area contributed by atoms with E-state index >= 15 is 0 Å². The number of amides is 1.